The SMILES string of the molecule is CCCS(=O)CCCCCOc1ccc(C)cc1. The first-order chi connectivity index (χ1) is 8.72. The molecule has 0 spiro atoms. The summed E-state index contributed by atoms with van der Waals surface area (Å²) in [6.45, 7) is 4.90. The summed E-state index contributed by atoms with van der Waals surface area (Å²) in [6.07, 6.45) is 4.20. The zero-order valence-electron chi connectivity index (χ0n) is 11.5. The maximum absolute atomic E-state index is 11.4. The van der Waals surface area contributed by atoms with Crippen LogP contribution >= 0.6 is 0 Å². The number of rotatable bonds is 9. The van der Waals surface area contributed by atoms with Crippen molar-refractivity contribution in [3.8, 4) is 5.75 Å². The van der Waals surface area contributed by atoms with Crippen molar-refractivity contribution < 1.29 is 8.95 Å². The molecule has 1 aromatic rings. The van der Waals surface area contributed by atoms with Crippen LogP contribution in [0.5, 0.6) is 5.75 Å². The molecule has 102 valence electrons. The van der Waals surface area contributed by atoms with E-state index in [1.54, 1.807) is 0 Å². The van der Waals surface area contributed by atoms with Gasteiger partial charge < -0.3 is 4.74 Å². The lowest BCUT2D eigenvalue weighted by Gasteiger charge is -2.06. The fraction of sp³-hybridized carbons (Fsp3) is 0.600. The molecule has 0 aromatic heterocycles. The first kappa shape index (κ1) is 15.2. The molecule has 2 nitrogen and oxygen atoms in total. The molecular weight excluding hydrogens is 244 g/mol. The van der Waals surface area contributed by atoms with E-state index >= 15 is 0 Å². The monoisotopic (exact) mass is 268 g/mol. The summed E-state index contributed by atoms with van der Waals surface area (Å²) < 4.78 is 17.0. The summed E-state index contributed by atoms with van der Waals surface area (Å²) in [5.41, 5.74) is 1.25. The van der Waals surface area contributed by atoms with Gasteiger partial charge in [-0.15, -0.1) is 0 Å². The zero-order chi connectivity index (χ0) is 13.2. The lowest BCUT2D eigenvalue weighted by molar-refractivity contribution is 0.306. The molecule has 1 aromatic carbocycles. The van der Waals surface area contributed by atoms with E-state index in [-0.39, 0.29) is 0 Å². The molecule has 0 N–H and O–H groups in total. The average Bonchev–Trinajstić information content (AvgIpc) is 2.36. The van der Waals surface area contributed by atoms with Gasteiger partial charge in [0.05, 0.1) is 6.61 Å². The minimum Gasteiger partial charge on any atom is -0.494 e. The highest BCUT2D eigenvalue weighted by Gasteiger charge is 1.98. The predicted octanol–water partition coefficient (Wildman–Crippen LogP) is 3.70. The third-order valence-corrected chi connectivity index (χ3v) is 4.35. The van der Waals surface area contributed by atoms with Crippen LogP contribution in [0.1, 0.15) is 38.2 Å². The highest BCUT2D eigenvalue weighted by atomic mass is 32.2. The van der Waals surface area contributed by atoms with Gasteiger partial charge in [-0.1, -0.05) is 24.6 Å². The molecule has 0 radical (unpaired) electrons. The van der Waals surface area contributed by atoms with Crippen molar-refractivity contribution in [2.75, 3.05) is 18.1 Å². The largest absolute Gasteiger partial charge is 0.494 e. The second-order valence-corrected chi connectivity index (χ2v) is 6.27. The van der Waals surface area contributed by atoms with E-state index in [0.717, 1.165) is 49.5 Å². The van der Waals surface area contributed by atoms with Gasteiger partial charge in [-0.2, -0.15) is 0 Å². The van der Waals surface area contributed by atoms with Crippen LogP contribution in [0.25, 0.3) is 0 Å². The number of unbranched alkanes of at least 4 members (excludes halogenated alkanes) is 2. The van der Waals surface area contributed by atoms with Crippen molar-refractivity contribution in [3.63, 3.8) is 0 Å². The molecule has 0 aliphatic heterocycles. The lowest BCUT2D eigenvalue weighted by Crippen LogP contribution is -2.03. The van der Waals surface area contributed by atoms with Crippen molar-refractivity contribution in [1.82, 2.24) is 0 Å². The third-order valence-electron chi connectivity index (χ3n) is 2.74. The van der Waals surface area contributed by atoms with Gasteiger partial charge in [0.25, 0.3) is 0 Å². The number of hydrogen-bond donors (Lipinski definition) is 0. The molecule has 1 rings (SSSR count). The van der Waals surface area contributed by atoms with Gasteiger partial charge in [0.1, 0.15) is 5.75 Å². The van der Waals surface area contributed by atoms with Crippen LogP contribution in [0, 0.1) is 6.92 Å². The standard InChI is InChI=1S/C15H24O2S/c1-3-12-18(16)13-6-4-5-11-17-15-9-7-14(2)8-10-15/h7-10H,3-6,11-13H2,1-2H3. The van der Waals surface area contributed by atoms with Crippen molar-refractivity contribution in [2.45, 2.75) is 39.5 Å². The van der Waals surface area contributed by atoms with E-state index in [9.17, 15) is 4.21 Å². The number of aryl methyl sites for hydroxylation is 1. The van der Waals surface area contributed by atoms with Crippen LogP contribution in [-0.2, 0) is 10.8 Å². The fourth-order valence-electron chi connectivity index (χ4n) is 1.70. The second kappa shape index (κ2) is 9.15. The highest BCUT2D eigenvalue weighted by molar-refractivity contribution is 7.84. The van der Waals surface area contributed by atoms with Crippen LogP contribution in [0.4, 0.5) is 0 Å². The average molecular weight is 268 g/mol. The first-order valence-electron chi connectivity index (χ1n) is 6.77. The molecule has 0 fully saturated rings. The molecule has 18 heavy (non-hydrogen) atoms. The van der Waals surface area contributed by atoms with Gasteiger partial charge in [-0.25, -0.2) is 0 Å². The van der Waals surface area contributed by atoms with Crippen LogP contribution < -0.4 is 4.74 Å². The zero-order valence-corrected chi connectivity index (χ0v) is 12.3. The van der Waals surface area contributed by atoms with Gasteiger partial charge in [0.2, 0.25) is 0 Å². The van der Waals surface area contributed by atoms with Gasteiger partial charge in [-0.3, -0.25) is 4.21 Å². The van der Waals surface area contributed by atoms with Gasteiger partial charge in [0.15, 0.2) is 0 Å². The molecule has 3 heteroatoms. The van der Waals surface area contributed by atoms with E-state index in [1.165, 1.54) is 5.56 Å². The van der Waals surface area contributed by atoms with Gasteiger partial charge in [-0.05, 0) is 44.7 Å². The Kier molecular flexibility index (Phi) is 7.74. The van der Waals surface area contributed by atoms with Crippen LogP contribution in [0.2, 0.25) is 0 Å². The Morgan fingerprint density at radius 3 is 2.44 bits per heavy atom. The van der Waals surface area contributed by atoms with Gasteiger partial charge >= 0.3 is 0 Å². The van der Waals surface area contributed by atoms with Crippen LogP contribution in [0.15, 0.2) is 24.3 Å². The summed E-state index contributed by atoms with van der Waals surface area (Å²) >= 11 is 0. The Bertz CT molecular complexity index is 346. The maximum Gasteiger partial charge on any atom is 0.119 e. The number of ether oxygens (including phenoxy) is 1. The van der Waals surface area contributed by atoms with E-state index in [0.29, 0.717) is 0 Å². The maximum atomic E-state index is 11.4. The Hall–Kier alpha value is -0.830. The molecular formula is C15H24O2S. The second-order valence-electron chi connectivity index (χ2n) is 4.57. The van der Waals surface area contributed by atoms with Gasteiger partial charge in [0, 0.05) is 22.3 Å². The Morgan fingerprint density at radius 1 is 1.06 bits per heavy atom. The van der Waals surface area contributed by atoms with Crippen molar-refractivity contribution >= 4 is 10.8 Å². The number of hydrogen-bond acceptors (Lipinski definition) is 2. The normalized spacial score (nSPS) is 12.3. The van der Waals surface area contributed by atoms with E-state index in [1.807, 2.05) is 12.1 Å². The summed E-state index contributed by atoms with van der Waals surface area (Å²) in [5, 5.41) is 0. The van der Waals surface area contributed by atoms with E-state index in [4.69, 9.17) is 4.74 Å². The summed E-state index contributed by atoms with van der Waals surface area (Å²) in [6, 6.07) is 8.13. The molecule has 0 saturated heterocycles. The van der Waals surface area contributed by atoms with E-state index < -0.39 is 10.8 Å². The molecule has 1 atom stereocenters. The predicted molar refractivity (Wildman–Crippen MR) is 78.7 cm³/mol. The molecule has 0 aliphatic rings. The van der Waals surface area contributed by atoms with Crippen molar-refractivity contribution in [1.29, 1.82) is 0 Å². The molecule has 0 amide bonds. The topological polar surface area (TPSA) is 26.3 Å². The lowest BCUT2D eigenvalue weighted by atomic mass is 10.2. The quantitative estimate of drug-likeness (QED) is 0.638. The molecule has 1 unspecified atom stereocenters. The first-order valence-corrected chi connectivity index (χ1v) is 8.25. The minimum atomic E-state index is -0.605. The van der Waals surface area contributed by atoms with E-state index in [2.05, 4.69) is 26.0 Å². The Balaban J connectivity index is 2.02. The molecule has 0 bridgehead atoms. The highest BCUT2D eigenvalue weighted by Crippen LogP contribution is 2.12. The van der Waals surface area contributed by atoms with Crippen LogP contribution in [0.3, 0.4) is 0 Å². The Morgan fingerprint density at radius 2 is 1.78 bits per heavy atom. The smallest absolute Gasteiger partial charge is 0.119 e. The fourth-order valence-corrected chi connectivity index (χ4v) is 2.88. The van der Waals surface area contributed by atoms with Crippen molar-refractivity contribution in [2.24, 2.45) is 0 Å². The van der Waals surface area contributed by atoms with Crippen molar-refractivity contribution in [3.05, 3.63) is 29.8 Å². The third kappa shape index (κ3) is 6.80. The summed E-state index contributed by atoms with van der Waals surface area (Å²) in [5.74, 6) is 2.63. The summed E-state index contributed by atoms with van der Waals surface area (Å²) in [7, 11) is -0.605. The van der Waals surface area contributed by atoms with Crippen LogP contribution in [-0.4, -0.2) is 22.3 Å². The molecule has 0 heterocycles. The molecule has 0 aliphatic carbocycles. The Labute approximate surface area is 113 Å². The summed E-state index contributed by atoms with van der Waals surface area (Å²) in [4.78, 5) is 0. The number of benzene rings is 1. The minimum absolute atomic E-state index is 0.605. The molecule has 0 saturated carbocycles.